The molecule has 0 saturated carbocycles. The second kappa shape index (κ2) is 7.57. The van der Waals surface area contributed by atoms with Crippen LogP contribution in [0.5, 0.6) is 5.75 Å². The molecule has 5 heteroatoms. The summed E-state index contributed by atoms with van der Waals surface area (Å²) in [6.07, 6.45) is 6.20. The van der Waals surface area contributed by atoms with Crippen LogP contribution in [0.4, 0.5) is 0 Å². The number of hydrogen-bond acceptors (Lipinski definition) is 4. The molecule has 3 aliphatic heterocycles. The van der Waals surface area contributed by atoms with Crippen molar-refractivity contribution in [1.29, 1.82) is 0 Å². The van der Waals surface area contributed by atoms with Gasteiger partial charge in [-0.3, -0.25) is 9.69 Å². The van der Waals surface area contributed by atoms with Crippen molar-refractivity contribution in [3.05, 3.63) is 29.8 Å². The molecule has 0 bridgehead atoms. The Morgan fingerprint density at radius 3 is 2.88 bits per heavy atom. The van der Waals surface area contributed by atoms with E-state index < -0.39 is 0 Å². The maximum absolute atomic E-state index is 13.2. The van der Waals surface area contributed by atoms with E-state index in [0.717, 1.165) is 39.2 Å². The first-order valence-corrected chi connectivity index (χ1v) is 10.1. The zero-order chi connectivity index (χ0) is 18.0. The molecule has 1 aromatic carbocycles. The number of para-hydroxylation sites is 1. The van der Waals surface area contributed by atoms with Gasteiger partial charge in [-0.05, 0) is 51.2 Å². The summed E-state index contributed by atoms with van der Waals surface area (Å²) in [6.45, 7) is 7.27. The predicted molar refractivity (Wildman–Crippen MR) is 101 cm³/mol. The fraction of sp³-hybridized carbons (Fsp3) is 0.667. The van der Waals surface area contributed by atoms with E-state index in [0.29, 0.717) is 24.0 Å². The number of likely N-dealkylation sites (tertiary alicyclic amines) is 2. The van der Waals surface area contributed by atoms with Crippen LogP contribution in [-0.2, 0) is 4.74 Å². The van der Waals surface area contributed by atoms with E-state index in [1.807, 2.05) is 36.1 Å². The zero-order valence-electron chi connectivity index (χ0n) is 15.8. The minimum Gasteiger partial charge on any atom is -0.493 e. The fourth-order valence-corrected chi connectivity index (χ4v) is 4.75. The van der Waals surface area contributed by atoms with Crippen LogP contribution in [0, 0.1) is 0 Å². The molecular weight excluding hydrogens is 328 g/mol. The summed E-state index contributed by atoms with van der Waals surface area (Å²) < 4.78 is 11.5. The van der Waals surface area contributed by atoms with Crippen LogP contribution in [0.2, 0.25) is 0 Å². The highest BCUT2D eigenvalue weighted by molar-refractivity contribution is 5.97. The normalized spacial score (nSPS) is 29.0. The highest BCUT2D eigenvalue weighted by atomic mass is 16.5. The molecule has 4 rings (SSSR count). The number of carbonyl (C=O) groups excluding carboxylic acids is 1. The standard InChI is InChI=1S/C21H30N2O3/c1-2-25-19-9-4-3-8-18(19)20(24)22-12-6-10-21(16-22)11-13-23(21)15-17-7-5-14-26-17/h3-4,8-9,17H,2,5-7,10-16H2,1H3/t17-,21+/m1/s1. The predicted octanol–water partition coefficient (Wildman–Crippen LogP) is 2.94. The van der Waals surface area contributed by atoms with Crippen molar-refractivity contribution in [3.8, 4) is 5.75 Å². The van der Waals surface area contributed by atoms with Gasteiger partial charge in [0.05, 0.1) is 18.3 Å². The van der Waals surface area contributed by atoms with Gasteiger partial charge in [-0.15, -0.1) is 0 Å². The van der Waals surface area contributed by atoms with Gasteiger partial charge in [-0.1, -0.05) is 12.1 Å². The van der Waals surface area contributed by atoms with Gasteiger partial charge in [0.1, 0.15) is 5.75 Å². The minimum atomic E-state index is 0.108. The lowest BCUT2D eigenvalue weighted by Crippen LogP contribution is -2.68. The Balaban J connectivity index is 1.46. The van der Waals surface area contributed by atoms with Gasteiger partial charge in [0.25, 0.3) is 5.91 Å². The first kappa shape index (κ1) is 17.8. The lowest BCUT2D eigenvalue weighted by Gasteiger charge is -2.57. The molecule has 3 heterocycles. The smallest absolute Gasteiger partial charge is 0.257 e. The molecule has 26 heavy (non-hydrogen) atoms. The molecule has 0 radical (unpaired) electrons. The molecule has 3 fully saturated rings. The van der Waals surface area contributed by atoms with E-state index in [9.17, 15) is 4.79 Å². The largest absolute Gasteiger partial charge is 0.493 e. The van der Waals surface area contributed by atoms with E-state index in [2.05, 4.69) is 4.90 Å². The SMILES string of the molecule is CCOc1ccccc1C(=O)N1CCC[C@]2(CCN2C[C@H]2CCCO2)C1. The summed E-state index contributed by atoms with van der Waals surface area (Å²) >= 11 is 0. The Labute approximate surface area is 156 Å². The summed E-state index contributed by atoms with van der Waals surface area (Å²) in [7, 11) is 0. The molecule has 0 aromatic heterocycles. The molecule has 3 saturated heterocycles. The molecule has 0 N–H and O–H groups in total. The monoisotopic (exact) mass is 358 g/mol. The van der Waals surface area contributed by atoms with Gasteiger partial charge in [0.2, 0.25) is 0 Å². The van der Waals surface area contributed by atoms with Crippen molar-refractivity contribution in [3.63, 3.8) is 0 Å². The topological polar surface area (TPSA) is 42.0 Å². The highest BCUT2D eigenvalue weighted by Gasteiger charge is 2.48. The Hall–Kier alpha value is -1.59. The maximum Gasteiger partial charge on any atom is 0.257 e. The Bertz CT molecular complexity index is 644. The highest BCUT2D eigenvalue weighted by Crippen LogP contribution is 2.40. The number of hydrogen-bond donors (Lipinski definition) is 0. The zero-order valence-corrected chi connectivity index (χ0v) is 15.8. The lowest BCUT2D eigenvalue weighted by molar-refractivity contribution is -0.0807. The molecule has 5 nitrogen and oxygen atoms in total. The average molecular weight is 358 g/mol. The van der Waals surface area contributed by atoms with Gasteiger partial charge in [0, 0.05) is 38.3 Å². The summed E-state index contributed by atoms with van der Waals surface area (Å²) in [6, 6.07) is 7.63. The van der Waals surface area contributed by atoms with Crippen LogP contribution in [-0.4, -0.2) is 66.7 Å². The first-order valence-electron chi connectivity index (χ1n) is 10.1. The van der Waals surface area contributed by atoms with Crippen molar-refractivity contribution < 1.29 is 14.3 Å². The summed E-state index contributed by atoms with van der Waals surface area (Å²) in [5, 5.41) is 0. The van der Waals surface area contributed by atoms with Crippen LogP contribution >= 0.6 is 0 Å². The third-order valence-electron chi connectivity index (χ3n) is 6.23. The van der Waals surface area contributed by atoms with Gasteiger partial charge >= 0.3 is 0 Å². The van der Waals surface area contributed by atoms with Gasteiger partial charge in [-0.2, -0.15) is 0 Å². The molecule has 0 unspecified atom stereocenters. The Kier molecular flexibility index (Phi) is 5.18. The van der Waals surface area contributed by atoms with Gasteiger partial charge < -0.3 is 14.4 Å². The average Bonchev–Trinajstić information content (AvgIpc) is 3.19. The van der Waals surface area contributed by atoms with E-state index in [1.165, 1.54) is 25.7 Å². The first-order chi connectivity index (χ1) is 12.7. The summed E-state index contributed by atoms with van der Waals surface area (Å²) in [5.41, 5.74) is 0.858. The Morgan fingerprint density at radius 2 is 2.15 bits per heavy atom. The van der Waals surface area contributed by atoms with Crippen LogP contribution < -0.4 is 4.74 Å². The van der Waals surface area contributed by atoms with Gasteiger partial charge in [-0.25, -0.2) is 0 Å². The van der Waals surface area contributed by atoms with Crippen LogP contribution in [0.15, 0.2) is 24.3 Å². The van der Waals surface area contributed by atoms with Crippen molar-refractivity contribution in [2.24, 2.45) is 0 Å². The second-order valence-corrected chi connectivity index (χ2v) is 7.81. The molecule has 2 atom stereocenters. The number of nitrogens with zero attached hydrogens (tertiary/aromatic N) is 2. The third-order valence-corrected chi connectivity index (χ3v) is 6.23. The van der Waals surface area contributed by atoms with E-state index >= 15 is 0 Å². The van der Waals surface area contributed by atoms with E-state index in [-0.39, 0.29) is 11.4 Å². The maximum atomic E-state index is 13.2. The number of piperidine rings is 1. The molecule has 142 valence electrons. The number of carbonyl (C=O) groups is 1. The van der Waals surface area contributed by atoms with E-state index in [4.69, 9.17) is 9.47 Å². The lowest BCUT2D eigenvalue weighted by atomic mass is 9.77. The van der Waals surface area contributed by atoms with Gasteiger partial charge in [0.15, 0.2) is 0 Å². The summed E-state index contributed by atoms with van der Waals surface area (Å²) in [5.74, 6) is 0.807. The molecular formula is C21H30N2O3. The van der Waals surface area contributed by atoms with Crippen molar-refractivity contribution in [2.75, 3.05) is 39.4 Å². The second-order valence-electron chi connectivity index (χ2n) is 7.81. The minimum absolute atomic E-state index is 0.108. The number of rotatable bonds is 5. The number of amides is 1. The number of ether oxygens (including phenoxy) is 2. The van der Waals surface area contributed by atoms with E-state index in [1.54, 1.807) is 0 Å². The fourth-order valence-electron chi connectivity index (χ4n) is 4.75. The van der Waals surface area contributed by atoms with Crippen molar-refractivity contribution >= 4 is 5.91 Å². The molecule has 1 aromatic rings. The quantitative estimate of drug-likeness (QED) is 0.812. The molecule has 1 amide bonds. The third kappa shape index (κ3) is 3.35. The summed E-state index contributed by atoms with van der Waals surface area (Å²) in [4.78, 5) is 17.8. The molecule has 3 aliphatic rings. The van der Waals surface area contributed by atoms with Crippen molar-refractivity contribution in [1.82, 2.24) is 9.80 Å². The van der Waals surface area contributed by atoms with Crippen LogP contribution in [0.25, 0.3) is 0 Å². The Morgan fingerprint density at radius 1 is 1.27 bits per heavy atom. The van der Waals surface area contributed by atoms with Crippen LogP contribution in [0.3, 0.4) is 0 Å². The number of benzene rings is 1. The van der Waals surface area contributed by atoms with Crippen molar-refractivity contribution in [2.45, 2.75) is 50.7 Å². The molecule has 1 spiro atoms. The van der Waals surface area contributed by atoms with Crippen LogP contribution in [0.1, 0.15) is 49.4 Å². The molecule has 0 aliphatic carbocycles.